The summed E-state index contributed by atoms with van der Waals surface area (Å²) in [5, 5.41) is 6.07. The van der Waals surface area contributed by atoms with E-state index in [1.54, 1.807) is 7.11 Å². The predicted octanol–water partition coefficient (Wildman–Crippen LogP) is 1.65. The highest BCUT2D eigenvalue weighted by Crippen LogP contribution is 2.43. The summed E-state index contributed by atoms with van der Waals surface area (Å²) in [7, 11) is 1.68. The zero-order valence-electron chi connectivity index (χ0n) is 12.6. The van der Waals surface area contributed by atoms with E-state index < -0.39 is 0 Å². The van der Waals surface area contributed by atoms with Gasteiger partial charge in [-0.2, -0.15) is 0 Å². The van der Waals surface area contributed by atoms with E-state index >= 15 is 0 Å². The molecule has 0 aromatic heterocycles. The van der Waals surface area contributed by atoms with E-state index in [4.69, 9.17) is 4.74 Å². The molecule has 2 N–H and O–H groups in total. The van der Waals surface area contributed by atoms with Crippen LogP contribution in [0.5, 0.6) is 5.75 Å². The number of amides is 1. The van der Waals surface area contributed by atoms with Gasteiger partial charge in [0.05, 0.1) is 19.2 Å². The van der Waals surface area contributed by atoms with Gasteiger partial charge in [0.1, 0.15) is 5.75 Å². The van der Waals surface area contributed by atoms with Gasteiger partial charge in [0.2, 0.25) is 5.91 Å². The van der Waals surface area contributed by atoms with E-state index in [-0.39, 0.29) is 11.9 Å². The molecule has 1 aromatic carbocycles. The predicted molar refractivity (Wildman–Crippen MR) is 81.5 cm³/mol. The summed E-state index contributed by atoms with van der Waals surface area (Å²) in [6.45, 7) is 3.74. The lowest BCUT2D eigenvalue weighted by Gasteiger charge is -2.18. The summed E-state index contributed by atoms with van der Waals surface area (Å²) in [6.07, 6.45) is 1.03. The van der Waals surface area contributed by atoms with Crippen LogP contribution in [0.3, 0.4) is 0 Å². The molecule has 21 heavy (non-hydrogen) atoms. The highest BCUT2D eigenvalue weighted by molar-refractivity contribution is 5.97. The highest BCUT2D eigenvalue weighted by atomic mass is 16.5. The molecule has 3 rings (SSSR count). The van der Waals surface area contributed by atoms with Gasteiger partial charge in [-0.1, -0.05) is 19.1 Å². The summed E-state index contributed by atoms with van der Waals surface area (Å²) >= 11 is 0. The van der Waals surface area contributed by atoms with Gasteiger partial charge >= 0.3 is 0 Å². The Balaban J connectivity index is 1.74. The number of guanidine groups is 1. The molecular weight excluding hydrogens is 266 g/mol. The zero-order valence-corrected chi connectivity index (χ0v) is 12.6. The topological polar surface area (TPSA) is 62.7 Å². The lowest BCUT2D eigenvalue weighted by molar-refractivity contribution is -0.117. The van der Waals surface area contributed by atoms with Crippen LogP contribution in [0.1, 0.15) is 31.7 Å². The molecular formula is C16H21N3O2. The quantitative estimate of drug-likeness (QED) is 0.869. The fourth-order valence-electron chi connectivity index (χ4n) is 3.47. The molecule has 5 nitrogen and oxygen atoms in total. The summed E-state index contributed by atoms with van der Waals surface area (Å²) < 4.78 is 5.21. The maximum Gasteiger partial charge on any atom is 0.223 e. The lowest BCUT2D eigenvalue weighted by atomic mass is 9.89. The SMILES string of the molecule is COc1ccc([C@H]2CC3NC(NC(C)=O)=NC3[C@H]2C)cc1. The van der Waals surface area contributed by atoms with Gasteiger partial charge in [0, 0.05) is 6.92 Å². The number of fused-ring (bicyclic) bond motifs is 1. The van der Waals surface area contributed by atoms with Crippen molar-refractivity contribution in [1.29, 1.82) is 0 Å². The van der Waals surface area contributed by atoms with Gasteiger partial charge in [-0.25, -0.2) is 4.99 Å². The first-order chi connectivity index (χ1) is 10.1. The number of aliphatic imine (C=N–C) groups is 1. The van der Waals surface area contributed by atoms with E-state index in [1.807, 2.05) is 12.1 Å². The Kier molecular flexibility index (Phi) is 3.57. The van der Waals surface area contributed by atoms with Crippen molar-refractivity contribution >= 4 is 11.9 Å². The normalized spacial score (nSPS) is 30.3. The Labute approximate surface area is 124 Å². The number of nitrogens with one attached hydrogen (secondary N) is 2. The minimum Gasteiger partial charge on any atom is -0.497 e. The summed E-state index contributed by atoms with van der Waals surface area (Å²) in [5.41, 5.74) is 1.33. The van der Waals surface area contributed by atoms with E-state index in [2.05, 4.69) is 34.7 Å². The number of hydrogen-bond donors (Lipinski definition) is 2. The van der Waals surface area contributed by atoms with E-state index in [1.165, 1.54) is 12.5 Å². The number of rotatable bonds is 2. The first kappa shape index (κ1) is 13.9. The molecule has 112 valence electrons. The van der Waals surface area contributed by atoms with Crippen LogP contribution in [-0.4, -0.2) is 31.1 Å². The number of hydrogen-bond acceptors (Lipinski definition) is 4. The summed E-state index contributed by atoms with van der Waals surface area (Å²) in [6, 6.07) is 8.84. The maximum absolute atomic E-state index is 11.1. The smallest absolute Gasteiger partial charge is 0.223 e. The number of methoxy groups -OCH3 is 1. The fraction of sp³-hybridized carbons (Fsp3) is 0.500. The molecule has 1 fully saturated rings. The van der Waals surface area contributed by atoms with Crippen LogP contribution in [0.2, 0.25) is 0 Å². The standard InChI is InChI=1S/C16H21N3O2/c1-9-13(11-4-6-12(21-3)7-5-11)8-14-15(9)19-16(18-14)17-10(2)20/h4-7,9,13-15H,8H2,1-3H3,(H2,17,18,19,20)/t9-,13-,14?,15?/m0/s1. The van der Waals surface area contributed by atoms with Gasteiger partial charge in [0.25, 0.3) is 0 Å². The number of nitrogens with zero attached hydrogens (tertiary/aromatic N) is 1. The number of ether oxygens (including phenoxy) is 1. The Hall–Kier alpha value is -2.04. The third-order valence-corrected chi connectivity index (χ3v) is 4.53. The molecule has 0 bridgehead atoms. The Morgan fingerprint density at radius 3 is 2.67 bits per heavy atom. The zero-order chi connectivity index (χ0) is 15.0. The van der Waals surface area contributed by atoms with Crippen molar-refractivity contribution < 1.29 is 9.53 Å². The number of carbonyl (C=O) groups is 1. The average Bonchev–Trinajstić information content (AvgIpc) is 2.98. The van der Waals surface area contributed by atoms with Gasteiger partial charge in [-0.3, -0.25) is 10.1 Å². The van der Waals surface area contributed by atoms with Gasteiger partial charge in [0.15, 0.2) is 5.96 Å². The highest BCUT2D eigenvalue weighted by Gasteiger charge is 2.44. The second-order valence-electron chi connectivity index (χ2n) is 5.87. The molecule has 1 aromatic rings. The van der Waals surface area contributed by atoms with Crippen LogP contribution in [0.25, 0.3) is 0 Å². The van der Waals surface area contributed by atoms with Gasteiger partial charge < -0.3 is 10.1 Å². The molecule has 2 unspecified atom stereocenters. The molecule has 1 heterocycles. The van der Waals surface area contributed by atoms with Crippen LogP contribution in [-0.2, 0) is 4.79 Å². The molecule has 1 aliphatic heterocycles. The first-order valence-corrected chi connectivity index (χ1v) is 7.34. The summed E-state index contributed by atoms with van der Waals surface area (Å²) in [4.78, 5) is 15.7. The molecule has 0 radical (unpaired) electrons. The lowest BCUT2D eigenvalue weighted by Crippen LogP contribution is -2.41. The third-order valence-electron chi connectivity index (χ3n) is 4.53. The molecule has 1 amide bonds. The maximum atomic E-state index is 11.1. The molecule has 0 saturated heterocycles. The molecule has 0 spiro atoms. The first-order valence-electron chi connectivity index (χ1n) is 7.34. The Bertz CT molecular complexity index is 567. The van der Waals surface area contributed by atoms with Crippen molar-refractivity contribution in [3.8, 4) is 5.75 Å². The second kappa shape index (κ2) is 5.39. The molecule has 5 heteroatoms. The van der Waals surface area contributed by atoms with E-state index in [9.17, 15) is 4.79 Å². The number of benzene rings is 1. The van der Waals surface area contributed by atoms with Crippen LogP contribution < -0.4 is 15.4 Å². The average molecular weight is 287 g/mol. The van der Waals surface area contributed by atoms with Crippen LogP contribution in [0.15, 0.2) is 29.3 Å². The number of carbonyl (C=O) groups excluding carboxylic acids is 1. The molecule has 1 aliphatic carbocycles. The Morgan fingerprint density at radius 2 is 2.10 bits per heavy atom. The second-order valence-corrected chi connectivity index (χ2v) is 5.87. The Morgan fingerprint density at radius 1 is 1.38 bits per heavy atom. The largest absolute Gasteiger partial charge is 0.497 e. The third kappa shape index (κ3) is 2.60. The van der Waals surface area contributed by atoms with Crippen molar-refractivity contribution in [2.75, 3.05) is 7.11 Å². The van der Waals surface area contributed by atoms with Crippen LogP contribution in [0.4, 0.5) is 0 Å². The van der Waals surface area contributed by atoms with Gasteiger partial charge in [-0.05, 0) is 36.0 Å². The van der Waals surface area contributed by atoms with Gasteiger partial charge in [-0.15, -0.1) is 0 Å². The monoisotopic (exact) mass is 287 g/mol. The minimum absolute atomic E-state index is 0.0828. The van der Waals surface area contributed by atoms with Crippen molar-refractivity contribution in [2.45, 2.75) is 38.3 Å². The van der Waals surface area contributed by atoms with Crippen LogP contribution in [0, 0.1) is 5.92 Å². The van der Waals surface area contributed by atoms with E-state index in [0.717, 1.165) is 12.2 Å². The van der Waals surface area contributed by atoms with Crippen molar-refractivity contribution in [3.05, 3.63) is 29.8 Å². The summed E-state index contributed by atoms with van der Waals surface area (Å²) in [5.74, 6) is 2.36. The van der Waals surface area contributed by atoms with E-state index in [0.29, 0.717) is 23.8 Å². The van der Waals surface area contributed by atoms with Crippen LogP contribution >= 0.6 is 0 Å². The molecule has 2 aliphatic rings. The fourth-order valence-corrected chi connectivity index (χ4v) is 3.47. The van der Waals surface area contributed by atoms with Crippen molar-refractivity contribution in [1.82, 2.24) is 10.6 Å². The molecule has 1 saturated carbocycles. The van der Waals surface area contributed by atoms with Crippen molar-refractivity contribution in [3.63, 3.8) is 0 Å². The molecule has 4 atom stereocenters. The van der Waals surface area contributed by atoms with Crippen molar-refractivity contribution in [2.24, 2.45) is 10.9 Å². The minimum atomic E-state index is -0.0828.